The summed E-state index contributed by atoms with van der Waals surface area (Å²) in [7, 11) is 0. The maximum atomic E-state index is 12.8. The van der Waals surface area contributed by atoms with Crippen LogP contribution in [0.5, 0.6) is 5.75 Å². The van der Waals surface area contributed by atoms with E-state index in [2.05, 4.69) is 48.2 Å². The molecule has 1 aliphatic rings. The Morgan fingerprint density at radius 1 is 1.00 bits per heavy atom. The van der Waals surface area contributed by atoms with Gasteiger partial charge in [-0.25, -0.2) is 4.68 Å². The third-order valence-electron chi connectivity index (χ3n) is 6.26. The summed E-state index contributed by atoms with van der Waals surface area (Å²) in [6, 6.07) is 11.4. The minimum Gasteiger partial charge on any atom is -0.486 e. The van der Waals surface area contributed by atoms with Gasteiger partial charge in [-0.05, 0) is 63.1 Å². The van der Waals surface area contributed by atoms with Gasteiger partial charge in [0.25, 0.3) is 0 Å². The van der Waals surface area contributed by atoms with Gasteiger partial charge >= 0.3 is 0 Å². The van der Waals surface area contributed by atoms with Gasteiger partial charge in [-0.1, -0.05) is 19.1 Å². The highest BCUT2D eigenvalue weighted by atomic mass is 16.5. The van der Waals surface area contributed by atoms with Gasteiger partial charge in [0, 0.05) is 17.2 Å². The van der Waals surface area contributed by atoms with Crippen molar-refractivity contribution < 1.29 is 13.9 Å². The summed E-state index contributed by atoms with van der Waals surface area (Å²) in [6.45, 7) is 8.23. The predicted molar refractivity (Wildman–Crippen MR) is 120 cm³/mol. The second-order valence-electron chi connectivity index (χ2n) is 8.55. The van der Waals surface area contributed by atoms with E-state index in [9.17, 15) is 4.79 Å². The van der Waals surface area contributed by atoms with Crippen molar-refractivity contribution in [2.45, 2.75) is 58.6 Å². The summed E-state index contributed by atoms with van der Waals surface area (Å²) >= 11 is 0. The van der Waals surface area contributed by atoms with Crippen molar-refractivity contribution >= 4 is 16.8 Å². The van der Waals surface area contributed by atoms with Crippen LogP contribution in [0, 0.1) is 0 Å². The zero-order valence-corrected chi connectivity index (χ0v) is 18.6. The van der Waals surface area contributed by atoms with E-state index in [1.807, 2.05) is 35.0 Å². The molecule has 8 heteroatoms. The number of benzene rings is 2. The first-order valence-corrected chi connectivity index (χ1v) is 11.0. The number of hydrogen-bond acceptors (Lipinski definition) is 7. The van der Waals surface area contributed by atoms with Crippen molar-refractivity contribution in [1.82, 2.24) is 25.2 Å². The van der Waals surface area contributed by atoms with Crippen LogP contribution in [-0.4, -0.2) is 36.6 Å². The van der Waals surface area contributed by atoms with Gasteiger partial charge in [-0.3, -0.25) is 4.79 Å². The Balaban J connectivity index is 1.46. The van der Waals surface area contributed by atoms with E-state index in [0.717, 1.165) is 29.4 Å². The number of carbonyl (C=O) groups excluding carboxylic acids is 1. The average molecular weight is 431 g/mol. The molecule has 0 aliphatic carbocycles. The number of nitrogens with zero attached hydrogens (tertiary/aromatic N) is 5. The lowest BCUT2D eigenvalue weighted by atomic mass is 9.85. The highest BCUT2D eigenvalue weighted by Crippen LogP contribution is 2.39. The Morgan fingerprint density at radius 2 is 1.69 bits per heavy atom. The molecule has 0 N–H and O–H groups in total. The first-order valence-electron chi connectivity index (χ1n) is 11.0. The van der Waals surface area contributed by atoms with Crippen molar-refractivity contribution in [3.05, 3.63) is 42.0 Å². The van der Waals surface area contributed by atoms with Crippen LogP contribution in [0.2, 0.25) is 0 Å². The normalized spacial score (nSPS) is 15.2. The van der Waals surface area contributed by atoms with E-state index in [-0.39, 0.29) is 11.8 Å². The molecule has 5 rings (SSSR count). The Hall–Kier alpha value is -3.55. The summed E-state index contributed by atoms with van der Waals surface area (Å²) in [5.41, 5.74) is 3.31. The van der Waals surface area contributed by atoms with Crippen molar-refractivity contribution in [2.75, 3.05) is 0 Å². The molecule has 2 aromatic carbocycles. The zero-order valence-electron chi connectivity index (χ0n) is 18.6. The molecule has 0 fully saturated rings. The van der Waals surface area contributed by atoms with Crippen molar-refractivity contribution in [1.29, 1.82) is 0 Å². The summed E-state index contributed by atoms with van der Waals surface area (Å²) < 4.78 is 14.0. The van der Waals surface area contributed by atoms with Crippen LogP contribution in [0.15, 0.2) is 40.8 Å². The molecule has 8 nitrogen and oxygen atoms in total. The number of Topliss-reactive ketones (excluding diaryl/α,β-unsaturated/α-hetero) is 1. The van der Waals surface area contributed by atoms with Gasteiger partial charge in [-0.15, -0.1) is 15.3 Å². The quantitative estimate of drug-likeness (QED) is 0.425. The Labute approximate surface area is 185 Å². The number of carbonyl (C=O) groups is 1. The van der Waals surface area contributed by atoms with E-state index < -0.39 is 5.60 Å². The molecular formula is C24H25N5O3. The Kier molecular flexibility index (Phi) is 4.80. The van der Waals surface area contributed by atoms with Gasteiger partial charge in [-0.2, -0.15) is 0 Å². The summed E-state index contributed by atoms with van der Waals surface area (Å²) in [6.07, 6.45) is 1.96. The number of ether oxygens (including phenoxy) is 1. The monoisotopic (exact) mass is 431 g/mol. The fourth-order valence-electron chi connectivity index (χ4n) is 4.18. The Bertz CT molecular complexity index is 1320. The topological polar surface area (TPSA) is 95.9 Å². The standard InChI is InChI=1S/C24H25N5O3/c1-5-24(6-2)13-20(30)17-11-15(8-10-21(17)32-24)22-26-27-23(31-22)16-7-9-19-18(12-16)25-28-29(19)14(3)4/h7-12,14H,5-6,13H2,1-4H3. The highest BCUT2D eigenvalue weighted by Gasteiger charge is 2.37. The van der Waals surface area contributed by atoms with Crippen molar-refractivity contribution in [2.24, 2.45) is 0 Å². The largest absolute Gasteiger partial charge is 0.486 e. The Morgan fingerprint density at radius 3 is 2.38 bits per heavy atom. The number of fused-ring (bicyclic) bond motifs is 2. The second kappa shape index (κ2) is 7.55. The fraction of sp³-hybridized carbons (Fsp3) is 0.375. The molecule has 0 amide bonds. The lowest BCUT2D eigenvalue weighted by Gasteiger charge is -2.36. The maximum Gasteiger partial charge on any atom is 0.248 e. The van der Waals surface area contributed by atoms with E-state index >= 15 is 0 Å². The smallest absolute Gasteiger partial charge is 0.248 e. The van der Waals surface area contributed by atoms with Gasteiger partial charge < -0.3 is 9.15 Å². The molecule has 2 aromatic heterocycles. The van der Waals surface area contributed by atoms with Crippen LogP contribution < -0.4 is 4.74 Å². The van der Waals surface area contributed by atoms with E-state index in [1.165, 1.54) is 0 Å². The molecule has 164 valence electrons. The van der Waals surface area contributed by atoms with Gasteiger partial charge in [0.2, 0.25) is 11.8 Å². The molecule has 32 heavy (non-hydrogen) atoms. The summed E-state index contributed by atoms with van der Waals surface area (Å²) in [5, 5.41) is 16.9. The van der Waals surface area contributed by atoms with E-state index in [1.54, 1.807) is 6.07 Å². The lowest BCUT2D eigenvalue weighted by Crippen LogP contribution is -2.40. The van der Waals surface area contributed by atoms with Crippen molar-refractivity contribution in [3.8, 4) is 28.7 Å². The third-order valence-corrected chi connectivity index (χ3v) is 6.26. The van der Waals surface area contributed by atoms with E-state index in [4.69, 9.17) is 9.15 Å². The molecule has 0 bridgehead atoms. The number of rotatable bonds is 5. The number of ketones is 1. The fourth-order valence-corrected chi connectivity index (χ4v) is 4.18. The molecule has 4 aromatic rings. The average Bonchev–Trinajstić information content (AvgIpc) is 3.46. The van der Waals surface area contributed by atoms with Crippen LogP contribution in [0.4, 0.5) is 0 Å². The van der Waals surface area contributed by atoms with Crippen molar-refractivity contribution in [3.63, 3.8) is 0 Å². The second-order valence-corrected chi connectivity index (χ2v) is 8.55. The van der Waals surface area contributed by atoms with E-state index in [0.29, 0.717) is 35.1 Å². The van der Waals surface area contributed by atoms with Crippen LogP contribution in [-0.2, 0) is 0 Å². The molecule has 3 heterocycles. The SMILES string of the molecule is CCC1(CC)CC(=O)c2cc(-c3nnc(-c4ccc5c(c4)nnn5C(C)C)o3)ccc2O1. The third kappa shape index (κ3) is 3.26. The summed E-state index contributed by atoms with van der Waals surface area (Å²) in [4.78, 5) is 12.8. The first kappa shape index (κ1) is 20.4. The zero-order chi connectivity index (χ0) is 22.5. The molecule has 0 spiro atoms. The van der Waals surface area contributed by atoms with Gasteiger partial charge in [0.1, 0.15) is 16.9 Å². The molecular weight excluding hydrogens is 406 g/mol. The molecule has 0 atom stereocenters. The molecule has 0 saturated heterocycles. The summed E-state index contributed by atoms with van der Waals surface area (Å²) in [5.74, 6) is 1.43. The predicted octanol–water partition coefficient (Wildman–Crippen LogP) is 5.25. The van der Waals surface area contributed by atoms with Crippen LogP contribution >= 0.6 is 0 Å². The molecule has 0 unspecified atom stereocenters. The minimum atomic E-state index is -0.417. The maximum absolute atomic E-state index is 12.8. The first-order chi connectivity index (χ1) is 15.4. The van der Waals surface area contributed by atoms with Gasteiger partial charge in [0.05, 0.1) is 17.5 Å². The molecule has 0 saturated carbocycles. The number of hydrogen-bond donors (Lipinski definition) is 0. The van der Waals surface area contributed by atoms with Gasteiger partial charge in [0.15, 0.2) is 5.78 Å². The van der Waals surface area contributed by atoms with Crippen LogP contribution in [0.25, 0.3) is 33.9 Å². The highest BCUT2D eigenvalue weighted by molar-refractivity contribution is 6.01. The number of aromatic nitrogens is 5. The molecule has 1 aliphatic heterocycles. The minimum absolute atomic E-state index is 0.0789. The van der Waals surface area contributed by atoms with Crippen LogP contribution in [0.1, 0.15) is 63.4 Å². The van der Waals surface area contributed by atoms with Crippen LogP contribution in [0.3, 0.4) is 0 Å². The lowest BCUT2D eigenvalue weighted by molar-refractivity contribution is 0.0350. The molecule has 0 radical (unpaired) electrons.